The van der Waals surface area contributed by atoms with Gasteiger partial charge in [0.25, 0.3) is 0 Å². The Bertz CT molecular complexity index is 1390. The van der Waals surface area contributed by atoms with E-state index in [0.29, 0.717) is 17.2 Å². The van der Waals surface area contributed by atoms with Gasteiger partial charge in [-0.15, -0.1) is 11.3 Å². The SMILES string of the molecule is N#Cc1c(N=Cc2ccccc2OCc2ccccc2Cl)sc2c1CCN(Cc1ccccc1)C2. The lowest BCUT2D eigenvalue weighted by Crippen LogP contribution is -2.29. The van der Waals surface area contributed by atoms with Gasteiger partial charge in [0.15, 0.2) is 0 Å². The minimum atomic E-state index is 0.374. The zero-order valence-electron chi connectivity index (χ0n) is 19.2. The molecule has 0 radical (unpaired) electrons. The molecule has 1 aliphatic heterocycles. The first kappa shape index (κ1) is 23.3. The standard InChI is InChI=1S/C29H24ClN3OS/c30-26-12-6-4-11-23(26)20-34-27-13-7-5-10-22(27)17-32-29-25(16-31)24-14-15-33(19-28(24)35-29)18-21-8-2-1-3-9-21/h1-13,17H,14-15,18-20H2. The van der Waals surface area contributed by atoms with Crippen LogP contribution in [0.4, 0.5) is 5.00 Å². The summed E-state index contributed by atoms with van der Waals surface area (Å²) in [5, 5.41) is 11.3. The first-order valence-corrected chi connectivity index (χ1v) is 12.7. The van der Waals surface area contributed by atoms with Crippen LogP contribution >= 0.6 is 22.9 Å². The van der Waals surface area contributed by atoms with Gasteiger partial charge >= 0.3 is 0 Å². The van der Waals surface area contributed by atoms with Gasteiger partial charge in [0.1, 0.15) is 23.4 Å². The Balaban J connectivity index is 1.33. The highest BCUT2D eigenvalue weighted by molar-refractivity contribution is 7.16. The van der Waals surface area contributed by atoms with Crippen molar-refractivity contribution in [3.8, 4) is 11.8 Å². The van der Waals surface area contributed by atoms with Gasteiger partial charge in [-0.3, -0.25) is 4.90 Å². The maximum absolute atomic E-state index is 9.88. The highest BCUT2D eigenvalue weighted by atomic mass is 35.5. The van der Waals surface area contributed by atoms with Gasteiger partial charge in [0, 0.05) is 46.9 Å². The van der Waals surface area contributed by atoms with Gasteiger partial charge in [0.2, 0.25) is 0 Å². The molecule has 0 amide bonds. The molecule has 0 N–H and O–H groups in total. The number of aliphatic imine (C=N–C) groups is 1. The molecule has 4 nitrogen and oxygen atoms in total. The van der Waals surface area contributed by atoms with E-state index in [-0.39, 0.29) is 0 Å². The second kappa shape index (κ2) is 10.9. The molecule has 4 aromatic rings. The van der Waals surface area contributed by atoms with Crippen molar-refractivity contribution in [3.63, 3.8) is 0 Å². The lowest BCUT2D eigenvalue weighted by Gasteiger charge is -2.26. The minimum absolute atomic E-state index is 0.374. The van der Waals surface area contributed by atoms with Crippen molar-refractivity contribution < 1.29 is 4.74 Å². The predicted molar refractivity (Wildman–Crippen MR) is 143 cm³/mol. The summed E-state index contributed by atoms with van der Waals surface area (Å²) in [6.07, 6.45) is 2.66. The number of para-hydroxylation sites is 1. The maximum atomic E-state index is 9.88. The third kappa shape index (κ3) is 5.47. The normalized spacial score (nSPS) is 13.5. The molecule has 35 heavy (non-hydrogen) atoms. The molecule has 2 heterocycles. The van der Waals surface area contributed by atoms with Gasteiger partial charge in [-0.1, -0.05) is 72.3 Å². The van der Waals surface area contributed by atoms with Crippen molar-refractivity contribution in [2.24, 2.45) is 4.99 Å². The van der Waals surface area contributed by atoms with Crippen LogP contribution in [-0.4, -0.2) is 17.7 Å². The second-order valence-corrected chi connectivity index (χ2v) is 9.91. The summed E-state index contributed by atoms with van der Waals surface area (Å²) < 4.78 is 6.06. The molecule has 174 valence electrons. The summed E-state index contributed by atoms with van der Waals surface area (Å²) in [5.74, 6) is 0.727. The number of rotatable bonds is 7. The van der Waals surface area contributed by atoms with E-state index in [9.17, 15) is 5.26 Å². The molecule has 0 fully saturated rings. The van der Waals surface area contributed by atoms with Crippen LogP contribution in [0.3, 0.4) is 0 Å². The fraction of sp³-hybridized carbons (Fsp3) is 0.172. The third-order valence-electron chi connectivity index (χ3n) is 6.06. The Morgan fingerprint density at radius 3 is 2.63 bits per heavy atom. The third-order valence-corrected chi connectivity index (χ3v) is 7.55. The van der Waals surface area contributed by atoms with Gasteiger partial charge in [-0.05, 0) is 35.7 Å². The first-order valence-electron chi connectivity index (χ1n) is 11.5. The second-order valence-electron chi connectivity index (χ2n) is 8.42. The van der Waals surface area contributed by atoms with E-state index in [4.69, 9.17) is 21.3 Å². The number of hydrogen-bond donors (Lipinski definition) is 0. The molecule has 0 saturated carbocycles. The van der Waals surface area contributed by atoms with Gasteiger partial charge < -0.3 is 4.74 Å². The number of fused-ring (bicyclic) bond motifs is 1. The Morgan fingerprint density at radius 1 is 1.03 bits per heavy atom. The van der Waals surface area contributed by atoms with Crippen LogP contribution in [0, 0.1) is 11.3 Å². The fourth-order valence-corrected chi connectivity index (χ4v) is 5.62. The monoisotopic (exact) mass is 497 g/mol. The molecule has 0 unspecified atom stereocenters. The quantitative estimate of drug-likeness (QED) is 0.254. The minimum Gasteiger partial charge on any atom is -0.488 e. The molecule has 0 spiro atoms. The molecule has 3 aromatic carbocycles. The van der Waals surface area contributed by atoms with Gasteiger partial charge in [-0.2, -0.15) is 5.26 Å². The zero-order valence-corrected chi connectivity index (χ0v) is 20.7. The molecule has 6 heteroatoms. The highest BCUT2D eigenvalue weighted by Gasteiger charge is 2.24. The Kier molecular flexibility index (Phi) is 7.25. The van der Waals surface area contributed by atoms with E-state index < -0.39 is 0 Å². The summed E-state index contributed by atoms with van der Waals surface area (Å²) >= 11 is 7.89. The van der Waals surface area contributed by atoms with Crippen molar-refractivity contribution in [3.05, 3.63) is 117 Å². The highest BCUT2D eigenvalue weighted by Crippen LogP contribution is 2.39. The van der Waals surface area contributed by atoms with Crippen LogP contribution in [0.15, 0.2) is 83.9 Å². The van der Waals surface area contributed by atoms with E-state index in [1.165, 1.54) is 10.4 Å². The molecule has 0 saturated heterocycles. The van der Waals surface area contributed by atoms with E-state index in [0.717, 1.165) is 53.5 Å². The molecule has 0 atom stereocenters. The van der Waals surface area contributed by atoms with E-state index >= 15 is 0 Å². The zero-order chi connectivity index (χ0) is 24.0. The number of thiophene rings is 1. The van der Waals surface area contributed by atoms with E-state index in [1.54, 1.807) is 17.6 Å². The van der Waals surface area contributed by atoms with Crippen molar-refractivity contribution in [2.45, 2.75) is 26.1 Å². The summed E-state index contributed by atoms with van der Waals surface area (Å²) in [5.41, 5.74) is 4.95. The summed E-state index contributed by atoms with van der Waals surface area (Å²) in [6.45, 7) is 3.07. The smallest absolute Gasteiger partial charge is 0.134 e. The van der Waals surface area contributed by atoms with Crippen LogP contribution in [0.1, 0.15) is 32.7 Å². The van der Waals surface area contributed by atoms with Gasteiger partial charge in [-0.25, -0.2) is 4.99 Å². The summed E-state index contributed by atoms with van der Waals surface area (Å²) in [6, 6.07) is 28.4. The number of benzene rings is 3. The predicted octanol–water partition coefficient (Wildman–Crippen LogP) is 7.16. The van der Waals surface area contributed by atoms with Crippen molar-refractivity contribution in [2.75, 3.05) is 6.54 Å². The maximum Gasteiger partial charge on any atom is 0.134 e. The van der Waals surface area contributed by atoms with E-state index in [2.05, 4.69) is 35.2 Å². The number of ether oxygens (including phenoxy) is 1. The lowest BCUT2D eigenvalue weighted by molar-refractivity contribution is 0.249. The molecular weight excluding hydrogens is 474 g/mol. The first-order chi connectivity index (χ1) is 17.2. The average Bonchev–Trinajstić information content (AvgIpc) is 3.24. The van der Waals surface area contributed by atoms with Crippen molar-refractivity contribution in [1.29, 1.82) is 5.26 Å². The topological polar surface area (TPSA) is 48.6 Å². The lowest BCUT2D eigenvalue weighted by atomic mass is 10.0. The molecule has 5 rings (SSSR count). The van der Waals surface area contributed by atoms with Crippen LogP contribution in [-0.2, 0) is 26.1 Å². The number of nitriles is 1. The molecular formula is C29H24ClN3OS. The Labute approximate surface area is 214 Å². The van der Waals surface area contributed by atoms with Crippen LogP contribution in [0.5, 0.6) is 5.75 Å². The average molecular weight is 498 g/mol. The number of hydrogen-bond acceptors (Lipinski definition) is 5. The fourth-order valence-electron chi connectivity index (χ4n) is 4.24. The van der Waals surface area contributed by atoms with Crippen molar-refractivity contribution >= 4 is 34.2 Å². The molecule has 0 aliphatic carbocycles. The summed E-state index contributed by atoms with van der Waals surface area (Å²) in [4.78, 5) is 8.41. The summed E-state index contributed by atoms with van der Waals surface area (Å²) in [7, 11) is 0. The Hall–Kier alpha value is -3.43. The van der Waals surface area contributed by atoms with E-state index in [1.807, 2.05) is 54.6 Å². The van der Waals surface area contributed by atoms with Crippen molar-refractivity contribution in [1.82, 2.24) is 4.90 Å². The molecule has 1 aliphatic rings. The van der Waals surface area contributed by atoms with Crippen LogP contribution in [0.2, 0.25) is 5.02 Å². The largest absolute Gasteiger partial charge is 0.488 e. The van der Waals surface area contributed by atoms with Crippen LogP contribution in [0.25, 0.3) is 0 Å². The number of nitrogens with zero attached hydrogens (tertiary/aromatic N) is 3. The Morgan fingerprint density at radius 2 is 1.80 bits per heavy atom. The molecule has 0 bridgehead atoms. The molecule has 1 aromatic heterocycles. The van der Waals surface area contributed by atoms with Gasteiger partial charge in [0.05, 0.1) is 5.56 Å². The number of halogens is 1. The van der Waals surface area contributed by atoms with Crippen LogP contribution < -0.4 is 4.74 Å².